The third kappa shape index (κ3) is 4.98. The van der Waals surface area contributed by atoms with E-state index in [0.29, 0.717) is 16.9 Å². The highest BCUT2D eigenvalue weighted by Crippen LogP contribution is 2.21. The van der Waals surface area contributed by atoms with Crippen molar-refractivity contribution in [2.75, 3.05) is 18.2 Å². The maximum Gasteiger partial charge on any atom is 0.337 e. The summed E-state index contributed by atoms with van der Waals surface area (Å²) in [6, 6.07) is 4.26. The molecule has 0 aliphatic rings. The third-order valence-corrected chi connectivity index (χ3v) is 2.74. The van der Waals surface area contributed by atoms with Crippen molar-refractivity contribution in [2.45, 2.75) is 39.3 Å². The van der Waals surface area contributed by atoms with Gasteiger partial charge in [-0.2, -0.15) is 0 Å². The van der Waals surface area contributed by atoms with Crippen LogP contribution in [0.4, 0.5) is 11.4 Å². The van der Waals surface area contributed by atoms with Crippen LogP contribution < -0.4 is 16.4 Å². The molecule has 6 heteroatoms. The van der Waals surface area contributed by atoms with E-state index in [1.54, 1.807) is 25.1 Å². The van der Waals surface area contributed by atoms with Crippen LogP contribution >= 0.6 is 0 Å². The molecule has 0 spiro atoms. The zero-order valence-electron chi connectivity index (χ0n) is 13.1. The number of amides is 1. The Hall–Kier alpha value is -2.24. The standard InChI is InChI=1S/C15H23N3O3/c1-9(13(19)18-15(2,3)4)17-12-8-10(14(20)21-5)6-7-11(12)16/h6-9,17H,16H2,1-5H3,(H,18,19). The van der Waals surface area contributed by atoms with E-state index in [1.165, 1.54) is 7.11 Å². The number of nitrogens with one attached hydrogen (secondary N) is 2. The van der Waals surface area contributed by atoms with Gasteiger partial charge in [-0.1, -0.05) is 0 Å². The Morgan fingerprint density at radius 3 is 2.43 bits per heavy atom. The Labute approximate surface area is 125 Å². The molecule has 0 saturated carbocycles. The highest BCUT2D eigenvalue weighted by molar-refractivity contribution is 5.93. The smallest absolute Gasteiger partial charge is 0.337 e. The predicted molar refractivity (Wildman–Crippen MR) is 83.2 cm³/mol. The summed E-state index contributed by atoms with van der Waals surface area (Å²) < 4.78 is 4.66. The molecule has 116 valence electrons. The molecule has 0 saturated heterocycles. The van der Waals surface area contributed by atoms with Crippen LogP contribution in [0.1, 0.15) is 38.1 Å². The monoisotopic (exact) mass is 293 g/mol. The van der Waals surface area contributed by atoms with Gasteiger partial charge in [-0.25, -0.2) is 4.79 Å². The van der Waals surface area contributed by atoms with Gasteiger partial charge in [0.15, 0.2) is 0 Å². The maximum absolute atomic E-state index is 12.0. The molecule has 21 heavy (non-hydrogen) atoms. The first-order valence-corrected chi connectivity index (χ1v) is 6.70. The molecule has 1 aromatic carbocycles. The van der Waals surface area contributed by atoms with Crippen molar-refractivity contribution in [3.63, 3.8) is 0 Å². The summed E-state index contributed by atoms with van der Waals surface area (Å²) in [6.45, 7) is 7.45. The van der Waals surface area contributed by atoms with Gasteiger partial charge in [-0.05, 0) is 45.9 Å². The summed E-state index contributed by atoms with van der Waals surface area (Å²) >= 11 is 0. The number of rotatable bonds is 4. The number of benzene rings is 1. The molecule has 0 aliphatic carbocycles. The van der Waals surface area contributed by atoms with Crippen LogP contribution in [0.3, 0.4) is 0 Å². The van der Waals surface area contributed by atoms with Crippen molar-refractivity contribution in [2.24, 2.45) is 0 Å². The number of esters is 1. The molecule has 1 atom stereocenters. The van der Waals surface area contributed by atoms with Crippen LogP contribution in [0.15, 0.2) is 18.2 Å². The summed E-state index contributed by atoms with van der Waals surface area (Å²) in [5.41, 5.74) is 6.90. The van der Waals surface area contributed by atoms with Crippen molar-refractivity contribution in [1.29, 1.82) is 0 Å². The molecule has 0 aromatic heterocycles. The fourth-order valence-electron chi connectivity index (χ4n) is 1.70. The Bertz CT molecular complexity index is 535. The first kappa shape index (κ1) is 16.8. The second kappa shape index (κ2) is 6.47. The number of ether oxygens (including phenoxy) is 1. The topological polar surface area (TPSA) is 93.4 Å². The molecule has 0 aliphatic heterocycles. The van der Waals surface area contributed by atoms with Gasteiger partial charge in [-0.3, -0.25) is 4.79 Å². The molecule has 0 radical (unpaired) electrons. The van der Waals surface area contributed by atoms with Gasteiger partial charge < -0.3 is 21.1 Å². The highest BCUT2D eigenvalue weighted by Gasteiger charge is 2.20. The average Bonchev–Trinajstić information content (AvgIpc) is 2.38. The van der Waals surface area contributed by atoms with Crippen LogP contribution in [0, 0.1) is 0 Å². The van der Waals surface area contributed by atoms with Crippen LogP contribution in [-0.4, -0.2) is 30.6 Å². The number of carbonyl (C=O) groups is 2. The van der Waals surface area contributed by atoms with Crippen LogP contribution in [0.5, 0.6) is 0 Å². The molecule has 0 fully saturated rings. The third-order valence-electron chi connectivity index (χ3n) is 2.74. The molecular formula is C15H23N3O3. The molecule has 0 heterocycles. The summed E-state index contributed by atoms with van der Waals surface area (Å²) in [5.74, 6) is -0.602. The number of nitrogen functional groups attached to an aromatic ring is 1. The fraction of sp³-hybridized carbons (Fsp3) is 0.467. The lowest BCUT2D eigenvalue weighted by atomic mass is 10.1. The molecule has 1 aromatic rings. The van der Waals surface area contributed by atoms with E-state index in [0.717, 1.165) is 0 Å². The van der Waals surface area contributed by atoms with Gasteiger partial charge in [0, 0.05) is 5.54 Å². The SMILES string of the molecule is COC(=O)c1ccc(N)c(NC(C)C(=O)NC(C)(C)C)c1. The first-order chi connectivity index (χ1) is 9.64. The van der Waals surface area contributed by atoms with E-state index in [2.05, 4.69) is 15.4 Å². The van der Waals surface area contributed by atoms with E-state index < -0.39 is 12.0 Å². The Balaban J connectivity index is 2.87. The minimum Gasteiger partial charge on any atom is -0.465 e. The van der Waals surface area contributed by atoms with Crippen molar-refractivity contribution in [3.05, 3.63) is 23.8 Å². The quantitative estimate of drug-likeness (QED) is 0.581. The molecule has 0 bridgehead atoms. The van der Waals surface area contributed by atoms with Gasteiger partial charge in [0.1, 0.15) is 6.04 Å². The minimum atomic E-state index is -0.487. The van der Waals surface area contributed by atoms with Crippen molar-refractivity contribution in [3.8, 4) is 0 Å². The number of hydrogen-bond acceptors (Lipinski definition) is 5. The van der Waals surface area contributed by atoms with Crippen LogP contribution in [-0.2, 0) is 9.53 Å². The maximum atomic E-state index is 12.0. The molecule has 6 nitrogen and oxygen atoms in total. The number of carbonyl (C=O) groups excluding carboxylic acids is 2. The summed E-state index contributed by atoms with van der Waals surface area (Å²) in [4.78, 5) is 23.6. The Morgan fingerprint density at radius 1 is 1.29 bits per heavy atom. The summed E-state index contributed by atoms with van der Waals surface area (Å²) in [6.07, 6.45) is 0. The van der Waals surface area contributed by atoms with Gasteiger partial charge in [-0.15, -0.1) is 0 Å². The number of nitrogens with two attached hydrogens (primary N) is 1. The minimum absolute atomic E-state index is 0.148. The lowest BCUT2D eigenvalue weighted by Crippen LogP contribution is -2.47. The predicted octanol–water partition coefficient (Wildman–Crippen LogP) is 1.77. The second-order valence-electron chi connectivity index (χ2n) is 5.90. The van der Waals surface area contributed by atoms with Crippen molar-refractivity contribution >= 4 is 23.3 Å². The lowest BCUT2D eigenvalue weighted by Gasteiger charge is -2.24. The Kier molecular flexibility index (Phi) is 5.18. The normalized spacial score (nSPS) is 12.4. The van der Waals surface area contributed by atoms with Gasteiger partial charge in [0.05, 0.1) is 24.0 Å². The van der Waals surface area contributed by atoms with Gasteiger partial charge >= 0.3 is 5.97 Å². The zero-order valence-corrected chi connectivity index (χ0v) is 13.1. The summed E-state index contributed by atoms with van der Waals surface area (Å²) in [5, 5.41) is 5.88. The van der Waals surface area contributed by atoms with E-state index >= 15 is 0 Å². The molecule has 1 unspecified atom stereocenters. The van der Waals surface area contributed by atoms with Crippen LogP contribution in [0.2, 0.25) is 0 Å². The van der Waals surface area contributed by atoms with E-state index in [1.807, 2.05) is 20.8 Å². The Morgan fingerprint density at radius 2 is 1.90 bits per heavy atom. The van der Waals surface area contributed by atoms with Crippen molar-refractivity contribution in [1.82, 2.24) is 5.32 Å². The molecule has 1 rings (SSSR count). The van der Waals surface area contributed by atoms with Gasteiger partial charge in [0.2, 0.25) is 5.91 Å². The zero-order chi connectivity index (χ0) is 16.2. The van der Waals surface area contributed by atoms with E-state index in [4.69, 9.17) is 5.73 Å². The second-order valence-corrected chi connectivity index (χ2v) is 5.90. The first-order valence-electron chi connectivity index (χ1n) is 6.70. The number of anilines is 2. The number of methoxy groups -OCH3 is 1. The van der Waals surface area contributed by atoms with E-state index in [9.17, 15) is 9.59 Å². The number of hydrogen-bond donors (Lipinski definition) is 3. The molecule has 4 N–H and O–H groups in total. The summed E-state index contributed by atoms with van der Waals surface area (Å²) in [7, 11) is 1.31. The largest absolute Gasteiger partial charge is 0.465 e. The molecular weight excluding hydrogens is 270 g/mol. The van der Waals surface area contributed by atoms with Crippen LogP contribution in [0.25, 0.3) is 0 Å². The van der Waals surface area contributed by atoms with E-state index in [-0.39, 0.29) is 11.4 Å². The van der Waals surface area contributed by atoms with Crippen molar-refractivity contribution < 1.29 is 14.3 Å². The highest BCUT2D eigenvalue weighted by atomic mass is 16.5. The fourth-order valence-corrected chi connectivity index (χ4v) is 1.70. The molecule has 1 amide bonds. The van der Waals surface area contributed by atoms with Gasteiger partial charge in [0.25, 0.3) is 0 Å². The lowest BCUT2D eigenvalue weighted by molar-refractivity contribution is -0.122. The average molecular weight is 293 g/mol.